The van der Waals surface area contributed by atoms with Gasteiger partial charge in [0.05, 0.1) is 12.7 Å². The van der Waals surface area contributed by atoms with Crippen molar-refractivity contribution < 1.29 is 9.47 Å². The molecule has 0 spiro atoms. The van der Waals surface area contributed by atoms with E-state index in [1.54, 1.807) is 7.11 Å². The van der Waals surface area contributed by atoms with Crippen molar-refractivity contribution >= 4 is 11.4 Å². The summed E-state index contributed by atoms with van der Waals surface area (Å²) in [4.78, 5) is 0. The van der Waals surface area contributed by atoms with Gasteiger partial charge in [-0.2, -0.15) is 0 Å². The summed E-state index contributed by atoms with van der Waals surface area (Å²) in [5, 5.41) is 3.51. The quantitative estimate of drug-likeness (QED) is 0.810. The molecule has 18 heavy (non-hydrogen) atoms. The smallest absolute Gasteiger partial charge is 0.122 e. The van der Waals surface area contributed by atoms with Gasteiger partial charge in [0.1, 0.15) is 5.75 Å². The monoisotopic (exact) mass is 250 g/mol. The third-order valence-electron chi connectivity index (χ3n) is 3.23. The second-order valence-electron chi connectivity index (χ2n) is 5.44. The number of benzene rings is 1. The van der Waals surface area contributed by atoms with Crippen LogP contribution in [-0.4, -0.2) is 25.4 Å². The molecule has 1 aromatic rings. The SMILES string of the molecule is COc1cc(N)cc(NC2CCOC(C)(C)C2)c1. The Morgan fingerprint density at radius 3 is 2.83 bits per heavy atom. The summed E-state index contributed by atoms with van der Waals surface area (Å²) in [6, 6.07) is 6.14. The fourth-order valence-corrected chi connectivity index (χ4v) is 2.41. The molecule has 100 valence electrons. The van der Waals surface area contributed by atoms with Crippen LogP contribution in [0.1, 0.15) is 26.7 Å². The molecule has 1 heterocycles. The van der Waals surface area contributed by atoms with Crippen molar-refractivity contribution in [3.8, 4) is 5.75 Å². The Bertz CT molecular complexity index is 418. The van der Waals surface area contributed by atoms with E-state index in [-0.39, 0.29) is 5.60 Å². The highest BCUT2D eigenvalue weighted by Crippen LogP contribution is 2.28. The number of methoxy groups -OCH3 is 1. The van der Waals surface area contributed by atoms with Gasteiger partial charge in [0, 0.05) is 36.2 Å². The van der Waals surface area contributed by atoms with Gasteiger partial charge < -0.3 is 20.5 Å². The summed E-state index contributed by atoms with van der Waals surface area (Å²) >= 11 is 0. The van der Waals surface area contributed by atoms with Crippen molar-refractivity contribution in [2.75, 3.05) is 24.8 Å². The molecule has 4 nitrogen and oxygen atoms in total. The van der Waals surface area contributed by atoms with Crippen LogP contribution in [0.5, 0.6) is 5.75 Å². The van der Waals surface area contributed by atoms with Crippen LogP contribution in [-0.2, 0) is 4.74 Å². The molecule has 1 atom stereocenters. The molecule has 0 bridgehead atoms. The molecule has 1 aliphatic heterocycles. The average molecular weight is 250 g/mol. The zero-order chi connectivity index (χ0) is 13.2. The Labute approximate surface area is 108 Å². The Morgan fingerprint density at radius 2 is 2.17 bits per heavy atom. The fourth-order valence-electron chi connectivity index (χ4n) is 2.41. The van der Waals surface area contributed by atoms with Gasteiger partial charge in [-0.15, -0.1) is 0 Å². The van der Waals surface area contributed by atoms with Crippen LogP contribution in [0.15, 0.2) is 18.2 Å². The minimum atomic E-state index is -0.0552. The number of nitrogens with two attached hydrogens (primary N) is 1. The highest BCUT2D eigenvalue weighted by Gasteiger charge is 2.28. The van der Waals surface area contributed by atoms with Crippen LogP contribution in [0.25, 0.3) is 0 Å². The molecule has 1 fully saturated rings. The minimum Gasteiger partial charge on any atom is -0.497 e. The zero-order valence-electron chi connectivity index (χ0n) is 11.3. The Hall–Kier alpha value is -1.42. The number of rotatable bonds is 3. The normalized spacial score (nSPS) is 22.5. The van der Waals surface area contributed by atoms with E-state index in [1.807, 2.05) is 18.2 Å². The largest absolute Gasteiger partial charge is 0.497 e. The van der Waals surface area contributed by atoms with Crippen LogP contribution in [0.3, 0.4) is 0 Å². The number of nitrogen functional groups attached to an aromatic ring is 1. The number of hydrogen-bond acceptors (Lipinski definition) is 4. The molecular formula is C14H22N2O2. The molecule has 0 radical (unpaired) electrons. The lowest BCUT2D eigenvalue weighted by Crippen LogP contribution is -2.40. The van der Waals surface area contributed by atoms with Crippen LogP contribution < -0.4 is 15.8 Å². The standard InChI is InChI=1S/C14H22N2O2/c1-14(2)9-11(4-5-18-14)16-12-6-10(15)7-13(8-12)17-3/h6-8,11,16H,4-5,9,15H2,1-3H3. The van der Waals surface area contributed by atoms with Gasteiger partial charge in [-0.05, 0) is 32.8 Å². The lowest BCUT2D eigenvalue weighted by molar-refractivity contribution is -0.0553. The molecule has 3 N–H and O–H groups in total. The third-order valence-corrected chi connectivity index (χ3v) is 3.23. The van der Waals surface area contributed by atoms with Crippen molar-refractivity contribution in [3.05, 3.63) is 18.2 Å². The number of nitrogens with one attached hydrogen (secondary N) is 1. The van der Waals surface area contributed by atoms with Crippen molar-refractivity contribution in [3.63, 3.8) is 0 Å². The second-order valence-corrected chi connectivity index (χ2v) is 5.44. The summed E-state index contributed by atoms with van der Waals surface area (Å²) < 4.78 is 10.9. The van der Waals surface area contributed by atoms with E-state index < -0.39 is 0 Å². The lowest BCUT2D eigenvalue weighted by Gasteiger charge is -2.36. The van der Waals surface area contributed by atoms with Crippen LogP contribution in [0.4, 0.5) is 11.4 Å². The highest BCUT2D eigenvalue weighted by molar-refractivity contribution is 5.59. The van der Waals surface area contributed by atoms with E-state index in [4.69, 9.17) is 15.2 Å². The minimum absolute atomic E-state index is 0.0552. The van der Waals surface area contributed by atoms with Crippen molar-refractivity contribution in [1.82, 2.24) is 0 Å². The predicted molar refractivity (Wildman–Crippen MR) is 74.1 cm³/mol. The Morgan fingerprint density at radius 1 is 1.39 bits per heavy atom. The van der Waals surface area contributed by atoms with E-state index in [9.17, 15) is 0 Å². The van der Waals surface area contributed by atoms with E-state index in [0.29, 0.717) is 11.7 Å². The van der Waals surface area contributed by atoms with E-state index >= 15 is 0 Å². The molecule has 1 saturated heterocycles. The average Bonchev–Trinajstić information content (AvgIpc) is 2.26. The van der Waals surface area contributed by atoms with Gasteiger partial charge in [0.25, 0.3) is 0 Å². The summed E-state index contributed by atoms with van der Waals surface area (Å²) in [5.74, 6) is 0.781. The van der Waals surface area contributed by atoms with Gasteiger partial charge in [-0.1, -0.05) is 0 Å². The summed E-state index contributed by atoms with van der Waals surface area (Å²) in [6.07, 6.45) is 2.00. The van der Waals surface area contributed by atoms with Crippen LogP contribution in [0, 0.1) is 0 Å². The number of anilines is 2. The van der Waals surface area contributed by atoms with Crippen molar-refractivity contribution in [2.45, 2.75) is 38.3 Å². The molecule has 1 aromatic carbocycles. The summed E-state index contributed by atoms with van der Waals surface area (Å²) in [7, 11) is 1.65. The first-order valence-electron chi connectivity index (χ1n) is 6.33. The Balaban J connectivity index is 2.07. The maximum Gasteiger partial charge on any atom is 0.122 e. The molecule has 2 rings (SSSR count). The zero-order valence-corrected chi connectivity index (χ0v) is 11.3. The van der Waals surface area contributed by atoms with E-state index in [1.165, 1.54) is 0 Å². The number of ether oxygens (including phenoxy) is 2. The van der Waals surface area contributed by atoms with Crippen molar-refractivity contribution in [2.24, 2.45) is 0 Å². The number of hydrogen-bond donors (Lipinski definition) is 2. The summed E-state index contributed by atoms with van der Waals surface area (Å²) in [6.45, 7) is 5.05. The molecule has 0 aliphatic carbocycles. The van der Waals surface area contributed by atoms with Crippen LogP contribution in [0.2, 0.25) is 0 Å². The molecule has 0 saturated carbocycles. The molecular weight excluding hydrogens is 228 g/mol. The van der Waals surface area contributed by atoms with Gasteiger partial charge >= 0.3 is 0 Å². The second kappa shape index (κ2) is 5.06. The maximum atomic E-state index is 5.85. The maximum absolute atomic E-state index is 5.85. The highest BCUT2D eigenvalue weighted by atomic mass is 16.5. The van der Waals surface area contributed by atoms with E-state index in [2.05, 4.69) is 19.2 Å². The first-order chi connectivity index (χ1) is 8.48. The van der Waals surface area contributed by atoms with E-state index in [0.717, 1.165) is 30.9 Å². The van der Waals surface area contributed by atoms with Gasteiger partial charge in [-0.25, -0.2) is 0 Å². The molecule has 0 amide bonds. The fraction of sp³-hybridized carbons (Fsp3) is 0.571. The molecule has 0 aromatic heterocycles. The molecule has 1 unspecified atom stereocenters. The third kappa shape index (κ3) is 3.29. The van der Waals surface area contributed by atoms with Gasteiger partial charge in [0.2, 0.25) is 0 Å². The molecule has 4 heteroatoms. The van der Waals surface area contributed by atoms with Crippen LogP contribution >= 0.6 is 0 Å². The first-order valence-corrected chi connectivity index (χ1v) is 6.33. The summed E-state index contributed by atoms with van der Waals surface area (Å²) in [5.41, 5.74) is 7.51. The molecule has 1 aliphatic rings. The van der Waals surface area contributed by atoms with Crippen molar-refractivity contribution in [1.29, 1.82) is 0 Å². The van der Waals surface area contributed by atoms with Gasteiger partial charge in [-0.3, -0.25) is 0 Å². The van der Waals surface area contributed by atoms with Gasteiger partial charge in [0.15, 0.2) is 0 Å². The lowest BCUT2D eigenvalue weighted by atomic mass is 9.94. The first kappa shape index (κ1) is 13.0. The predicted octanol–water partition coefficient (Wildman–Crippen LogP) is 2.65. The topological polar surface area (TPSA) is 56.5 Å². The Kier molecular flexibility index (Phi) is 3.66.